The number of nitrogens with zero attached hydrogens (tertiary/aromatic N) is 1. The van der Waals surface area contributed by atoms with Crippen LogP contribution in [0.25, 0.3) is 0 Å². The topological polar surface area (TPSA) is 85.3 Å². The van der Waals surface area contributed by atoms with Gasteiger partial charge in [-0.1, -0.05) is 6.42 Å². The zero-order valence-corrected chi connectivity index (χ0v) is 16.7. The molecule has 4 rings (SSSR count). The van der Waals surface area contributed by atoms with Crippen molar-refractivity contribution in [2.75, 3.05) is 20.8 Å². The molecule has 27 heavy (non-hydrogen) atoms. The fourth-order valence-electron chi connectivity index (χ4n) is 6.38. The molecule has 0 radical (unpaired) electrons. The Bertz CT molecular complexity index is 724. The molecular weight excluding hydrogens is 350 g/mol. The number of methoxy groups -OCH3 is 2. The molecule has 1 heterocycles. The van der Waals surface area contributed by atoms with Gasteiger partial charge >= 0.3 is 6.09 Å². The SMILES string of the molecule is COC1=C(OC)[C@]2(O)[C@H]3CCC[C@H]3C3CCN(C(=O)OC(C)(C)C)[C@]32C1=O. The Morgan fingerprint density at radius 2 is 1.85 bits per heavy atom. The molecule has 0 aromatic heterocycles. The average Bonchev–Trinajstić information content (AvgIpc) is 3.26. The van der Waals surface area contributed by atoms with E-state index in [1.54, 1.807) is 20.8 Å². The first kappa shape index (κ1) is 18.6. The van der Waals surface area contributed by atoms with Crippen LogP contribution in [0.15, 0.2) is 11.5 Å². The predicted octanol–water partition coefficient (Wildman–Crippen LogP) is 2.23. The standard InChI is InChI=1S/C20H29NO6/c1-18(2,3)27-17(23)21-10-9-12-11-7-6-8-13(11)20(24)16(26-5)14(25-4)15(22)19(12,20)21/h11-13,24H,6-10H2,1-5H3/t11-,12?,13-,19-,20+/m0/s1. The Kier molecular flexibility index (Phi) is 3.87. The van der Waals surface area contributed by atoms with Gasteiger partial charge < -0.3 is 19.3 Å². The maximum Gasteiger partial charge on any atom is 0.411 e. The van der Waals surface area contributed by atoms with Gasteiger partial charge in [0.25, 0.3) is 0 Å². The van der Waals surface area contributed by atoms with Gasteiger partial charge in [0, 0.05) is 12.5 Å². The number of ketones is 1. The summed E-state index contributed by atoms with van der Waals surface area (Å²) >= 11 is 0. The molecule has 1 N–H and O–H groups in total. The van der Waals surface area contributed by atoms with Crippen LogP contribution < -0.4 is 0 Å². The van der Waals surface area contributed by atoms with Crippen molar-refractivity contribution in [2.45, 2.75) is 63.2 Å². The van der Waals surface area contributed by atoms with Gasteiger partial charge in [0.05, 0.1) is 14.2 Å². The van der Waals surface area contributed by atoms with E-state index in [4.69, 9.17) is 14.2 Å². The smallest absolute Gasteiger partial charge is 0.411 e. The number of amides is 1. The lowest BCUT2D eigenvalue weighted by Crippen LogP contribution is -2.66. The van der Waals surface area contributed by atoms with Crippen LogP contribution in [0.2, 0.25) is 0 Å². The van der Waals surface area contributed by atoms with E-state index >= 15 is 0 Å². The monoisotopic (exact) mass is 379 g/mol. The van der Waals surface area contributed by atoms with Crippen LogP contribution in [0.1, 0.15) is 46.5 Å². The maximum absolute atomic E-state index is 13.6. The highest BCUT2D eigenvalue weighted by molar-refractivity contribution is 6.09. The van der Waals surface area contributed by atoms with E-state index in [-0.39, 0.29) is 35.1 Å². The molecule has 0 aromatic rings. The second-order valence-electron chi connectivity index (χ2n) is 9.16. The Balaban J connectivity index is 1.88. The molecule has 0 bridgehead atoms. The third-order valence-corrected chi connectivity index (χ3v) is 6.96. The van der Waals surface area contributed by atoms with Gasteiger partial charge in [0.15, 0.2) is 16.9 Å². The first-order valence-corrected chi connectivity index (χ1v) is 9.75. The molecule has 2 saturated carbocycles. The van der Waals surface area contributed by atoms with Crippen molar-refractivity contribution < 1.29 is 28.9 Å². The van der Waals surface area contributed by atoms with E-state index in [9.17, 15) is 14.7 Å². The van der Waals surface area contributed by atoms with Gasteiger partial charge in [-0.2, -0.15) is 0 Å². The second kappa shape index (κ2) is 5.63. The Labute approximate surface area is 159 Å². The van der Waals surface area contributed by atoms with Crippen LogP contribution in [0.3, 0.4) is 0 Å². The van der Waals surface area contributed by atoms with Crippen molar-refractivity contribution in [1.82, 2.24) is 4.90 Å². The number of likely N-dealkylation sites (tertiary alicyclic amines) is 1. The number of carbonyl (C=O) groups is 2. The molecule has 1 saturated heterocycles. The first-order valence-electron chi connectivity index (χ1n) is 9.75. The molecule has 7 nitrogen and oxygen atoms in total. The summed E-state index contributed by atoms with van der Waals surface area (Å²) < 4.78 is 16.5. The molecule has 1 aliphatic heterocycles. The van der Waals surface area contributed by atoms with Crippen LogP contribution >= 0.6 is 0 Å². The minimum atomic E-state index is -1.57. The summed E-state index contributed by atoms with van der Waals surface area (Å²) in [7, 11) is 2.85. The van der Waals surface area contributed by atoms with Gasteiger partial charge in [0.1, 0.15) is 5.60 Å². The lowest BCUT2D eigenvalue weighted by atomic mass is 9.75. The van der Waals surface area contributed by atoms with E-state index in [2.05, 4.69) is 0 Å². The molecule has 1 amide bonds. The normalized spacial score (nSPS) is 40.1. The summed E-state index contributed by atoms with van der Waals surface area (Å²) in [4.78, 5) is 28.2. The largest absolute Gasteiger partial charge is 0.494 e. The van der Waals surface area contributed by atoms with Crippen LogP contribution in [-0.4, -0.2) is 59.4 Å². The Morgan fingerprint density at radius 3 is 2.44 bits per heavy atom. The van der Waals surface area contributed by atoms with Crippen molar-refractivity contribution in [1.29, 1.82) is 0 Å². The van der Waals surface area contributed by atoms with E-state index < -0.39 is 22.8 Å². The highest BCUT2D eigenvalue weighted by atomic mass is 16.6. The molecular formula is C20H29NO6. The zero-order chi connectivity index (χ0) is 19.8. The van der Waals surface area contributed by atoms with Crippen molar-refractivity contribution in [2.24, 2.45) is 17.8 Å². The van der Waals surface area contributed by atoms with Crippen molar-refractivity contribution in [3.05, 3.63) is 11.5 Å². The molecule has 3 aliphatic carbocycles. The summed E-state index contributed by atoms with van der Waals surface area (Å²) in [5.74, 6) is -0.204. The second-order valence-corrected chi connectivity index (χ2v) is 9.16. The minimum Gasteiger partial charge on any atom is -0.494 e. The Hall–Kier alpha value is -1.76. The molecule has 4 aliphatic rings. The fraction of sp³-hybridized carbons (Fsp3) is 0.800. The average molecular weight is 379 g/mol. The molecule has 5 atom stereocenters. The summed E-state index contributed by atoms with van der Waals surface area (Å²) in [6, 6.07) is 0. The zero-order valence-electron chi connectivity index (χ0n) is 16.7. The summed E-state index contributed by atoms with van der Waals surface area (Å²) in [5, 5.41) is 12.1. The lowest BCUT2D eigenvalue weighted by molar-refractivity contribution is -0.143. The number of ether oxygens (including phenoxy) is 3. The van der Waals surface area contributed by atoms with Crippen LogP contribution in [0.4, 0.5) is 4.79 Å². The minimum absolute atomic E-state index is 0.0332. The van der Waals surface area contributed by atoms with E-state index in [0.29, 0.717) is 13.0 Å². The van der Waals surface area contributed by atoms with E-state index in [1.165, 1.54) is 19.1 Å². The van der Waals surface area contributed by atoms with Gasteiger partial charge in [-0.05, 0) is 51.9 Å². The number of fused-ring (bicyclic) bond motifs is 3. The number of aliphatic hydroxyl groups is 1. The third kappa shape index (κ3) is 2.01. The van der Waals surface area contributed by atoms with Gasteiger partial charge in [-0.3, -0.25) is 9.69 Å². The first-order chi connectivity index (χ1) is 12.6. The van der Waals surface area contributed by atoms with Crippen LogP contribution in [0, 0.1) is 17.8 Å². The molecule has 0 aromatic carbocycles. The third-order valence-electron chi connectivity index (χ3n) is 6.96. The molecule has 1 spiro atoms. The van der Waals surface area contributed by atoms with Crippen molar-refractivity contribution in [3.8, 4) is 0 Å². The Morgan fingerprint density at radius 1 is 1.15 bits per heavy atom. The number of rotatable bonds is 2. The summed E-state index contributed by atoms with van der Waals surface area (Å²) in [6.07, 6.45) is 2.86. The number of Topliss-reactive ketones (excluding diaryl/α,β-unsaturated/α-hetero) is 1. The van der Waals surface area contributed by atoms with Crippen molar-refractivity contribution >= 4 is 11.9 Å². The van der Waals surface area contributed by atoms with Crippen molar-refractivity contribution in [3.63, 3.8) is 0 Å². The van der Waals surface area contributed by atoms with Gasteiger partial charge in [-0.25, -0.2) is 4.79 Å². The van der Waals surface area contributed by atoms with E-state index in [0.717, 1.165) is 19.3 Å². The number of carbonyl (C=O) groups excluding carboxylic acids is 2. The molecule has 1 unspecified atom stereocenters. The van der Waals surface area contributed by atoms with Gasteiger partial charge in [0.2, 0.25) is 11.5 Å². The summed E-state index contributed by atoms with van der Waals surface area (Å²) in [5.41, 5.74) is -3.65. The fourth-order valence-corrected chi connectivity index (χ4v) is 6.38. The lowest BCUT2D eigenvalue weighted by Gasteiger charge is -2.44. The molecule has 150 valence electrons. The van der Waals surface area contributed by atoms with Crippen LogP contribution in [-0.2, 0) is 19.0 Å². The quantitative estimate of drug-likeness (QED) is 0.792. The van der Waals surface area contributed by atoms with Gasteiger partial charge in [-0.15, -0.1) is 0 Å². The van der Waals surface area contributed by atoms with Crippen LogP contribution in [0.5, 0.6) is 0 Å². The number of hydrogen-bond acceptors (Lipinski definition) is 6. The summed E-state index contributed by atoms with van der Waals surface area (Å²) in [6.45, 7) is 5.76. The highest BCUT2D eigenvalue weighted by Crippen LogP contribution is 2.69. The highest BCUT2D eigenvalue weighted by Gasteiger charge is 2.83. The molecule has 7 heteroatoms. The predicted molar refractivity (Wildman–Crippen MR) is 95.6 cm³/mol. The number of hydrogen-bond donors (Lipinski definition) is 1. The van der Waals surface area contributed by atoms with E-state index in [1.807, 2.05) is 0 Å². The maximum atomic E-state index is 13.6. The molecule has 3 fully saturated rings.